The molecule has 1 aliphatic rings. The van der Waals surface area contributed by atoms with Crippen molar-refractivity contribution in [3.05, 3.63) is 28.6 Å². The van der Waals surface area contributed by atoms with Gasteiger partial charge in [-0.2, -0.15) is 10.2 Å². The van der Waals surface area contributed by atoms with Crippen LogP contribution in [0.15, 0.2) is 0 Å². The molecule has 7 heteroatoms. The van der Waals surface area contributed by atoms with E-state index in [2.05, 4.69) is 20.3 Å². The number of amides is 1. The number of likely N-dealkylation sites (tertiary alicyclic amines) is 1. The highest BCUT2D eigenvalue weighted by Crippen LogP contribution is 2.32. The fraction of sp³-hybridized carbons (Fsp3) is 0.600. The van der Waals surface area contributed by atoms with Gasteiger partial charge < -0.3 is 4.90 Å². The minimum Gasteiger partial charge on any atom is -0.328 e. The zero-order valence-corrected chi connectivity index (χ0v) is 13.6. The predicted molar refractivity (Wildman–Crippen MR) is 81.5 cm³/mol. The molecule has 0 radical (unpaired) electrons. The first-order valence-electron chi connectivity index (χ1n) is 7.76. The van der Waals surface area contributed by atoms with Crippen molar-refractivity contribution in [3.8, 4) is 0 Å². The van der Waals surface area contributed by atoms with Crippen LogP contribution in [0.3, 0.4) is 0 Å². The summed E-state index contributed by atoms with van der Waals surface area (Å²) in [5.74, 6) is 1.53. The molecule has 1 atom stereocenters. The van der Waals surface area contributed by atoms with E-state index < -0.39 is 0 Å². The smallest absolute Gasteiger partial charge is 0.258 e. The van der Waals surface area contributed by atoms with E-state index in [4.69, 9.17) is 0 Å². The average Bonchev–Trinajstić information content (AvgIpc) is 3.17. The summed E-state index contributed by atoms with van der Waals surface area (Å²) in [7, 11) is 0. The molecule has 3 heterocycles. The van der Waals surface area contributed by atoms with Gasteiger partial charge in [-0.05, 0) is 40.5 Å². The maximum Gasteiger partial charge on any atom is 0.258 e. The summed E-state index contributed by atoms with van der Waals surface area (Å²) in [6.45, 7) is 9.27. The molecule has 1 N–H and O–H groups in total. The van der Waals surface area contributed by atoms with Crippen molar-refractivity contribution >= 4 is 5.91 Å². The fourth-order valence-electron chi connectivity index (χ4n) is 3.25. The fourth-order valence-corrected chi connectivity index (χ4v) is 3.25. The molecule has 7 nitrogen and oxygen atoms in total. The highest BCUT2D eigenvalue weighted by molar-refractivity contribution is 5.96. The summed E-state index contributed by atoms with van der Waals surface area (Å²) in [5.41, 5.74) is 2.45. The Hall–Kier alpha value is -2.18. The van der Waals surface area contributed by atoms with Crippen LogP contribution in [0.25, 0.3) is 0 Å². The third kappa shape index (κ3) is 2.30. The summed E-state index contributed by atoms with van der Waals surface area (Å²) in [6, 6.07) is -0.0405. The third-order valence-electron chi connectivity index (χ3n) is 4.32. The van der Waals surface area contributed by atoms with E-state index in [1.165, 1.54) is 0 Å². The van der Waals surface area contributed by atoms with Crippen LogP contribution in [0, 0.1) is 20.8 Å². The Morgan fingerprint density at radius 3 is 2.73 bits per heavy atom. The van der Waals surface area contributed by atoms with Gasteiger partial charge in [-0.15, -0.1) is 0 Å². The first-order chi connectivity index (χ1) is 10.5. The topological polar surface area (TPSA) is 79.7 Å². The first-order valence-corrected chi connectivity index (χ1v) is 7.76. The van der Waals surface area contributed by atoms with Crippen molar-refractivity contribution < 1.29 is 4.79 Å². The van der Waals surface area contributed by atoms with Crippen molar-refractivity contribution in [3.63, 3.8) is 0 Å². The Labute approximate surface area is 129 Å². The van der Waals surface area contributed by atoms with Gasteiger partial charge in [-0.1, -0.05) is 0 Å². The number of carbonyl (C=O) groups excluding carboxylic acids is 1. The Kier molecular flexibility index (Phi) is 3.72. The van der Waals surface area contributed by atoms with Gasteiger partial charge in [0.2, 0.25) is 0 Å². The van der Waals surface area contributed by atoms with Gasteiger partial charge in [0.15, 0.2) is 5.82 Å². The number of hydrogen-bond donors (Lipinski definition) is 1. The van der Waals surface area contributed by atoms with Crippen molar-refractivity contribution in [2.45, 2.75) is 53.1 Å². The largest absolute Gasteiger partial charge is 0.328 e. The molecule has 2 aromatic heterocycles. The van der Waals surface area contributed by atoms with Gasteiger partial charge in [-0.25, -0.2) is 4.98 Å². The number of aromatic amines is 1. The molecule has 0 unspecified atom stereocenters. The highest BCUT2D eigenvalue weighted by atomic mass is 16.2. The number of nitrogens with one attached hydrogen (secondary N) is 1. The molecule has 1 saturated heterocycles. The molecule has 1 aliphatic heterocycles. The van der Waals surface area contributed by atoms with Gasteiger partial charge in [0.25, 0.3) is 5.91 Å². The maximum absolute atomic E-state index is 13.0. The lowest BCUT2D eigenvalue weighted by atomic mass is 10.1. The first kappa shape index (κ1) is 14.7. The lowest BCUT2D eigenvalue weighted by Crippen LogP contribution is -2.32. The standard InChI is InChI=1S/C15H22N6O/c1-5-21-10(3)13(9(2)19-21)15(22)20-8-6-7-12(20)14-16-11(4)17-18-14/h12H,5-8H2,1-4H3,(H,16,17,18)/t12-/m0/s1. The highest BCUT2D eigenvalue weighted by Gasteiger charge is 2.35. The molecule has 0 bridgehead atoms. The number of carbonyl (C=O) groups is 1. The van der Waals surface area contributed by atoms with Crippen molar-refractivity contribution in [1.82, 2.24) is 29.9 Å². The predicted octanol–water partition coefficient (Wildman–Crippen LogP) is 1.92. The number of hydrogen-bond acceptors (Lipinski definition) is 4. The summed E-state index contributed by atoms with van der Waals surface area (Å²) < 4.78 is 1.88. The van der Waals surface area contributed by atoms with Crippen LogP contribution >= 0.6 is 0 Å². The quantitative estimate of drug-likeness (QED) is 0.939. The van der Waals surface area contributed by atoms with E-state index in [0.29, 0.717) is 5.82 Å². The van der Waals surface area contributed by atoms with Crippen LogP contribution in [0.4, 0.5) is 0 Å². The van der Waals surface area contributed by atoms with Crippen molar-refractivity contribution in [2.75, 3.05) is 6.54 Å². The molecule has 0 saturated carbocycles. The van der Waals surface area contributed by atoms with Crippen LogP contribution in [-0.4, -0.2) is 42.3 Å². The molecule has 0 aromatic carbocycles. The molecule has 2 aromatic rings. The summed E-state index contributed by atoms with van der Waals surface area (Å²) >= 11 is 0. The zero-order valence-electron chi connectivity index (χ0n) is 13.6. The van der Waals surface area contributed by atoms with E-state index in [0.717, 1.165) is 48.7 Å². The zero-order chi connectivity index (χ0) is 15.9. The molecule has 22 heavy (non-hydrogen) atoms. The molecule has 1 fully saturated rings. The van der Waals surface area contributed by atoms with Gasteiger partial charge in [0.1, 0.15) is 5.82 Å². The lowest BCUT2D eigenvalue weighted by Gasteiger charge is -2.22. The van der Waals surface area contributed by atoms with Crippen LogP contribution in [0.5, 0.6) is 0 Å². The number of nitrogens with zero attached hydrogens (tertiary/aromatic N) is 5. The lowest BCUT2D eigenvalue weighted by molar-refractivity contribution is 0.0728. The minimum atomic E-state index is -0.0405. The molecular weight excluding hydrogens is 280 g/mol. The average molecular weight is 302 g/mol. The maximum atomic E-state index is 13.0. The van der Waals surface area contributed by atoms with E-state index in [9.17, 15) is 4.79 Å². The van der Waals surface area contributed by atoms with E-state index in [1.54, 1.807) is 0 Å². The van der Waals surface area contributed by atoms with E-state index in [1.807, 2.05) is 37.3 Å². The van der Waals surface area contributed by atoms with Crippen LogP contribution < -0.4 is 0 Å². The van der Waals surface area contributed by atoms with E-state index in [-0.39, 0.29) is 11.9 Å². The third-order valence-corrected chi connectivity index (χ3v) is 4.32. The molecular formula is C15H22N6O. The SMILES string of the molecule is CCn1nc(C)c(C(=O)N2CCC[C@H]2c2n[nH]c(C)n2)c1C. The number of aromatic nitrogens is 5. The van der Waals surface area contributed by atoms with Crippen molar-refractivity contribution in [1.29, 1.82) is 0 Å². The molecule has 118 valence electrons. The molecule has 3 rings (SSSR count). The van der Waals surface area contributed by atoms with Crippen LogP contribution in [0.2, 0.25) is 0 Å². The second-order valence-corrected chi connectivity index (χ2v) is 5.80. The van der Waals surface area contributed by atoms with Gasteiger partial charge in [-0.3, -0.25) is 14.6 Å². The van der Waals surface area contributed by atoms with Gasteiger partial charge in [0.05, 0.1) is 17.3 Å². The minimum absolute atomic E-state index is 0.0405. The van der Waals surface area contributed by atoms with Crippen LogP contribution in [0.1, 0.15) is 59.2 Å². The normalized spacial score (nSPS) is 18.2. The second-order valence-electron chi connectivity index (χ2n) is 5.80. The van der Waals surface area contributed by atoms with Crippen LogP contribution in [-0.2, 0) is 6.54 Å². The number of H-pyrrole nitrogens is 1. The second kappa shape index (κ2) is 5.55. The Morgan fingerprint density at radius 1 is 1.36 bits per heavy atom. The summed E-state index contributed by atoms with van der Waals surface area (Å²) in [6.07, 6.45) is 1.88. The van der Waals surface area contributed by atoms with Crippen molar-refractivity contribution in [2.24, 2.45) is 0 Å². The van der Waals surface area contributed by atoms with Gasteiger partial charge in [0, 0.05) is 18.8 Å². The monoisotopic (exact) mass is 302 g/mol. The Balaban J connectivity index is 1.93. The molecule has 0 aliphatic carbocycles. The molecule has 0 spiro atoms. The Morgan fingerprint density at radius 2 is 2.14 bits per heavy atom. The summed E-state index contributed by atoms with van der Waals surface area (Å²) in [4.78, 5) is 19.3. The number of rotatable bonds is 3. The number of aryl methyl sites for hydroxylation is 3. The Bertz CT molecular complexity index is 701. The van der Waals surface area contributed by atoms with Gasteiger partial charge >= 0.3 is 0 Å². The van der Waals surface area contributed by atoms with E-state index >= 15 is 0 Å². The summed E-state index contributed by atoms with van der Waals surface area (Å²) in [5, 5.41) is 11.6. The molecule has 1 amide bonds.